The molecule has 0 aromatic rings. The average molecular weight is 363 g/mol. The third-order valence-corrected chi connectivity index (χ3v) is 4.14. The van der Waals surface area contributed by atoms with Crippen LogP contribution in [0.25, 0.3) is 0 Å². The second-order valence-corrected chi connectivity index (χ2v) is 7.21. The number of hydrogen-bond acceptors (Lipinski definition) is 4. The first-order valence-corrected chi connectivity index (χ1v) is 10.3. The first-order valence-electron chi connectivity index (χ1n) is 10.3. The monoisotopic (exact) mass is 362 g/mol. The van der Waals surface area contributed by atoms with Gasteiger partial charge in [0.2, 0.25) is 0 Å². The lowest BCUT2D eigenvalue weighted by Crippen LogP contribution is -2.65. The Morgan fingerprint density at radius 2 is 0.960 bits per heavy atom. The van der Waals surface area contributed by atoms with E-state index < -0.39 is 6.10 Å². The zero-order valence-corrected chi connectivity index (χ0v) is 17.8. The fourth-order valence-corrected chi connectivity index (χ4v) is 2.30. The van der Waals surface area contributed by atoms with E-state index in [1.54, 1.807) is 0 Å². The van der Waals surface area contributed by atoms with Crippen LogP contribution >= 0.6 is 0 Å². The Morgan fingerprint density at radius 1 is 0.600 bits per heavy atom. The summed E-state index contributed by atoms with van der Waals surface area (Å²) in [5.41, 5.74) is 0. The van der Waals surface area contributed by atoms with E-state index in [4.69, 9.17) is 18.9 Å². The summed E-state index contributed by atoms with van der Waals surface area (Å²) in [6.07, 6.45) is 7.34. The van der Waals surface area contributed by atoms with E-state index in [1.807, 2.05) is 0 Å². The molecule has 0 radical (unpaired) electrons. The molecule has 0 heterocycles. The Kier molecular flexibility index (Phi) is 14.8. The lowest BCUT2D eigenvalue weighted by atomic mass is 10.3. The zero-order chi connectivity index (χ0) is 19.0. The Hall–Kier alpha value is -0.200. The minimum atomic E-state index is -1.09. The molecule has 0 bridgehead atoms. The molecule has 0 aliphatic rings. The summed E-state index contributed by atoms with van der Waals surface area (Å²) in [5, 5.41) is 0. The van der Waals surface area contributed by atoms with Gasteiger partial charge >= 0.3 is 6.10 Å². The normalized spacial score (nSPS) is 12.7. The quantitative estimate of drug-likeness (QED) is 0.197. The van der Waals surface area contributed by atoms with Crippen molar-refractivity contribution in [3.8, 4) is 0 Å². The van der Waals surface area contributed by atoms with E-state index in [0.717, 1.165) is 58.0 Å². The second-order valence-electron chi connectivity index (χ2n) is 7.21. The van der Waals surface area contributed by atoms with Crippen molar-refractivity contribution in [3.05, 3.63) is 0 Å². The van der Waals surface area contributed by atoms with Crippen LogP contribution in [0.15, 0.2) is 0 Å². The van der Waals surface area contributed by atoms with Crippen LogP contribution in [0.3, 0.4) is 0 Å². The molecule has 0 aliphatic heterocycles. The van der Waals surface area contributed by atoms with Gasteiger partial charge < -0.3 is 4.74 Å². The highest BCUT2D eigenvalue weighted by molar-refractivity contribution is 4.48. The summed E-state index contributed by atoms with van der Waals surface area (Å²) in [6.45, 7) is 11.8. The van der Waals surface area contributed by atoms with E-state index in [9.17, 15) is 0 Å². The van der Waals surface area contributed by atoms with Crippen LogP contribution in [0.5, 0.6) is 0 Å². The van der Waals surface area contributed by atoms with E-state index in [2.05, 4.69) is 41.8 Å². The predicted octanol–water partition coefficient (Wildman–Crippen LogP) is 4.90. The van der Waals surface area contributed by atoms with Crippen LogP contribution < -0.4 is 0 Å². The van der Waals surface area contributed by atoms with Gasteiger partial charge in [0.15, 0.2) is 6.73 Å². The lowest BCUT2D eigenvalue weighted by Gasteiger charge is -2.44. The maximum Gasteiger partial charge on any atom is 0.451 e. The summed E-state index contributed by atoms with van der Waals surface area (Å²) in [6, 6.07) is 0. The van der Waals surface area contributed by atoms with Gasteiger partial charge in [-0.1, -0.05) is 53.4 Å². The molecule has 0 unspecified atom stereocenters. The summed E-state index contributed by atoms with van der Waals surface area (Å²) in [4.78, 5) is 0. The molecule has 152 valence electrons. The van der Waals surface area contributed by atoms with Gasteiger partial charge in [-0.05, 0) is 25.7 Å². The third-order valence-electron chi connectivity index (χ3n) is 4.14. The van der Waals surface area contributed by atoms with Crippen LogP contribution in [-0.4, -0.2) is 57.8 Å². The van der Waals surface area contributed by atoms with Crippen LogP contribution in [0.4, 0.5) is 0 Å². The maximum absolute atomic E-state index is 6.23. The first kappa shape index (κ1) is 24.8. The third kappa shape index (κ3) is 9.90. The Labute approximate surface area is 156 Å². The van der Waals surface area contributed by atoms with Crippen molar-refractivity contribution in [2.45, 2.75) is 85.2 Å². The molecule has 0 saturated heterocycles. The van der Waals surface area contributed by atoms with Crippen molar-refractivity contribution < 1.29 is 23.4 Å². The highest BCUT2D eigenvalue weighted by atomic mass is 16.9. The molecule has 0 aromatic heterocycles. The number of ether oxygens (including phenoxy) is 4. The van der Waals surface area contributed by atoms with Crippen LogP contribution in [-0.2, 0) is 18.9 Å². The molecular formula is C20H44NO4+. The molecule has 0 saturated carbocycles. The zero-order valence-electron chi connectivity index (χ0n) is 17.8. The molecule has 5 nitrogen and oxygen atoms in total. The standard InChI is InChI=1S/C20H44NO4/c1-7-11-15-22-19-21(5,6)20(23-16-12-8-2,24-17-13-9-3)25-18-14-10-4/h7-19H2,1-6H3/q+1. The molecule has 0 spiro atoms. The number of unbranched alkanes of at least 4 members (excludes halogenated alkanes) is 4. The van der Waals surface area contributed by atoms with Crippen molar-refractivity contribution in [1.82, 2.24) is 0 Å². The molecule has 0 fully saturated rings. The molecule has 0 atom stereocenters. The smallest absolute Gasteiger partial charge is 0.331 e. The van der Waals surface area contributed by atoms with Crippen LogP contribution in [0.2, 0.25) is 0 Å². The molecule has 0 amide bonds. The van der Waals surface area contributed by atoms with Gasteiger partial charge in [0.25, 0.3) is 0 Å². The van der Waals surface area contributed by atoms with Crippen molar-refractivity contribution >= 4 is 0 Å². The molecule has 0 N–H and O–H groups in total. The average Bonchev–Trinajstić information content (AvgIpc) is 2.58. The highest BCUT2D eigenvalue weighted by Crippen LogP contribution is 2.28. The van der Waals surface area contributed by atoms with Crippen molar-refractivity contribution in [2.24, 2.45) is 0 Å². The van der Waals surface area contributed by atoms with E-state index >= 15 is 0 Å². The first-order chi connectivity index (χ1) is 12.0. The molecule has 0 aliphatic carbocycles. The Morgan fingerprint density at radius 3 is 1.32 bits per heavy atom. The van der Waals surface area contributed by atoms with Gasteiger partial charge in [0, 0.05) is 0 Å². The number of nitrogens with zero attached hydrogens (tertiary/aromatic N) is 1. The summed E-state index contributed by atoms with van der Waals surface area (Å²) in [7, 11) is 4.13. The fourth-order valence-electron chi connectivity index (χ4n) is 2.30. The number of rotatable bonds is 18. The molecule has 0 rings (SSSR count). The van der Waals surface area contributed by atoms with E-state index in [1.165, 1.54) is 0 Å². The number of hydrogen-bond donors (Lipinski definition) is 0. The molecule has 25 heavy (non-hydrogen) atoms. The van der Waals surface area contributed by atoms with Gasteiger partial charge in [0.05, 0.1) is 40.5 Å². The van der Waals surface area contributed by atoms with Crippen molar-refractivity contribution in [2.75, 3.05) is 47.3 Å². The molecule has 0 aromatic carbocycles. The SMILES string of the molecule is CCCCOC[N+](C)(C)C(OCCCC)(OCCCC)OCCCC. The van der Waals surface area contributed by atoms with Gasteiger partial charge in [-0.2, -0.15) is 0 Å². The fraction of sp³-hybridized carbons (Fsp3) is 1.00. The van der Waals surface area contributed by atoms with Crippen molar-refractivity contribution in [3.63, 3.8) is 0 Å². The topological polar surface area (TPSA) is 36.9 Å². The Balaban J connectivity index is 5.11. The van der Waals surface area contributed by atoms with Gasteiger partial charge in [-0.25, -0.2) is 4.48 Å². The van der Waals surface area contributed by atoms with Crippen LogP contribution in [0.1, 0.15) is 79.1 Å². The maximum atomic E-state index is 6.23. The second kappa shape index (κ2) is 14.9. The molecular weight excluding hydrogens is 318 g/mol. The highest BCUT2D eigenvalue weighted by Gasteiger charge is 2.51. The lowest BCUT2D eigenvalue weighted by molar-refractivity contribution is -1.04. The minimum absolute atomic E-state index is 0.383. The minimum Gasteiger partial charge on any atom is -0.331 e. The van der Waals surface area contributed by atoms with Gasteiger partial charge in [-0.3, -0.25) is 14.2 Å². The Bertz CT molecular complexity index is 271. The largest absolute Gasteiger partial charge is 0.451 e. The number of quaternary nitrogens is 1. The van der Waals surface area contributed by atoms with E-state index in [0.29, 0.717) is 31.0 Å². The summed E-state index contributed by atoms with van der Waals surface area (Å²) >= 11 is 0. The van der Waals surface area contributed by atoms with Crippen molar-refractivity contribution in [1.29, 1.82) is 0 Å². The van der Waals surface area contributed by atoms with Gasteiger partial charge in [-0.15, -0.1) is 0 Å². The van der Waals surface area contributed by atoms with Crippen LogP contribution in [0, 0.1) is 0 Å². The van der Waals surface area contributed by atoms with E-state index in [-0.39, 0.29) is 0 Å². The summed E-state index contributed by atoms with van der Waals surface area (Å²) in [5.74, 6) is 0. The summed E-state index contributed by atoms with van der Waals surface area (Å²) < 4.78 is 25.0. The predicted molar refractivity (Wildman–Crippen MR) is 103 cm³/mol. The van der Waals surface area contributed by atoms with Gasteiger partial charge in [0.1, 0.15) is 0 Å². The molecule has 5 heteroatoms.